The Morgan fingerprint density at radius 1 is 1.50 bits per heavy atom. The van der Waals surface area contributed by atoms with Crippen molar-refractivity contribution in [2.75, 3.05) is 20.3 Å². The Hall–Kier alpha value is -0.490. The average molecular weight is 216 g/mol. The monoisotopic (exact) mass is 216 g/mol. The Labute approximate surface area is 88.2 Å². The molecule has 0 aromatic carbocycles. The van der Waals surface area contributed by atoms with E-state index in [1.807, 2.05) is 6.20 Å². The molecule has 14 heavy (non-hydrogen) atoms. The van der Waals surface area contributed by atoms with Crippen LogP contribution < -0.4 is 5.48 Å². The van der Waals surface area contributed by atoms with E-state index in [-0.39, 0.29) is 0 Å². The first-order valence-corrected chi connectivity index (χ1v) is 5.45. The number of hydrogen-bond acceptors (Lipinski definition) is 5. The van der Waals surface area contributed by atoms with E-state index in [0.717, 1.165) is 6.42 Å². The van der Waals surface area contributed by atoms with Crippen LogP contribution in [-0.2, 0) is 22.5 Å². The Morgan fingerprint density at radius 3 is 3.00 bits per heavy atom. The predicted octanol–water partition coefficient (Wildman–Crippen LogP) is 1.37. The zero-order valence-corrected chi connectivity index (χ0v) is 9.39. The van der Waals surface area contributed by atoms with Gasteiger partial charge in [0.05, 0.1) is 24.8 Å². The number of methoxy groups -OCH3 is 1. The molecule has 0 fully saturated rings. The van der Waals surface area contributed by atoms with Gasteiger partial charge in [0.1, 0.15) is 0 Å². The number of aryl methyl sites for hydroxylation is 1. The average Bonchev–Trinajstić information content (AvgIpc) is 2.65. The Morgan fingerprint density at radius 2 is 2.36 bits per heavy atom. The molecule has 0 aliphatic carbocycles. The fourth-order valence-electron chi connectivity index (χ4n) is 0.913. The lowest BCUT2D eigenvalue weighted by atomic mass is 10.5. The van der Waals surface area contributed by atoms with Gasteiger partial charge >= 0.3 is 0 Å². The van der Waals surface area contributed by atoms with Gasteiger partial charge in [-0.25, -0.2) is 4.98 Å². The Bertz CT molecular complexity index is 253. The molecular weight excluding hydrogens is 200 g/mol. The highest BCUT2D eigenvalue weighted by molar-refractivity contribution is 7.11. The topological polar surface area (TPSA) is 43.4 Å². The first-order chi connectivity index (χ1) is 6.86. The number of aromatic nitrogens is 1. The minimum atomic E-state index is 0.565. The highest BCUT2D eigenvalue weighted by Gasteiger charge is 1.99. The molecule has 5 heteroatoms. The van der Waals surface area contributed by atoms with Gasteiger partial charge in [-0.3, -0.25) is 4.84 Å². The third-order valence-corrected chi connectivity index (χ3v) is 2.78. The number of nitrogens with zero attached hydrogens (tertiary/aromatic N) is 1. The lowest BCUT2D eigenvalue weighted by Crippen LogP contribution is -2.16. The summed E-state index contributed by atoms with van der Waals surface area (Å²) >= 11 is 1.71. The van der Waals surface area contributed by atoms with Crippen LogP contribution in [0.3, 0.4) is 0 Å². The van der Waals surface area contributed by atoms with Crippen LogP contribution in [0.4, 0.5) is 0 Å². The zero-order valence-electron chi connectivity index (χ0n) is 8.58. The van der Waals surface area contributed by atoms with Crippen LogP contribution in [0.25, 0.3) is 0 Å². The van der Waals surface area contributed by atoms with E-state index in [1.54, 1.807) is 18.4 Å². The standard InChI is InChI=1S/C9H16N2O2S/c1-3-9-10-6-8(14-9)7-11-13-5-4-12-2/h6,11H,3-5,7H2,1-2H3. The maximum absolute atomic E-state index is 5.12. The van der Waals surface area contributed by atoms with Crippen LogP contribution in [-0.4, -0.2) is 25.3 Å². The molecule has 0 radical (unpaired) electrons. The summed E-state index contributed by atoms with van der Waals surface area (Å²) in [6.07, 6.45) is 2.88. The van der Waals surface area contributed by atoms with Gasteiger partial charge in [-0.05, 0) is 6.42 Å². The number of hydroxylamine groups is 1. The van der Waals surface area contributed by atoms with E-state index in [4.69, 9.17) is 9.57 Å². The van der Waals surface area contributed by atoms with E-state index >= 15 is 0 Å². The summed E-state index contributed by atoms with van der Waals surface area (Å²) in [5.74, 6) is 0. The van der Waals surface area contributed by atoms with Crippen molar-refractivity contribution in [3.05, 3.63) is 16.1 Å². The molecule has 1 N–H and O–H groups in total. The van der Waals surface area contributed by atoms with E-state index < -0.39 is 0 Å². The maximum Gasteiger partial charge on any atom is 0.0925 e. The van der Waals surface area contributed by atoms with Gasteiger partial charge in [-0.1, -0.05) is 6.92 Å². The number of rotatable bonds is 7. The summed E-state index contributed by atoms with van der Waals surface area (Å²) in [6, 6.07) is 0. The summed E-state index contributed by atoms with van der Waals surface area (Å²) in [7, 11) is 1.65. The van der Waals surface area contributed by atoms with Gasteiger partial charge in [-0.15, -0.1) is 11.3 Å². The summed E-state index contributed by atoms with van der Waals surface area (Å²) < 4.78 is 4.84. The summed E-state index contributed by atoms with van der Waals surface area (Å²) in [5, 5.41) is 1.17. The largest absolute Gasteiger partial charge is 0.382 e. The second kappa shape index (κ2) is 6.89. The molecule has 1 rings (SSSR count). The molecule has 1 aromatic rings. The maximum atomic E-state index is 5.12. The van der Waals surface area contributed by atoms with Crippen molar-refractivity contribution in [1.29, 1.82) is 0 Å². The minimum Gasteiger partial charge on any atom is -0.382 e. The van der Waals surface area contributed by atoms with Crippen LogP contribution in [0.2, 0.25) is 0 Å². The fourth-order valence-corrected chi connectivity index (χ4v) is 1.70. The van der Waals surface area contributed by atoms with Gasteiger partial charge in [0.15, 0.2) is 0 Å². The van der Waals surface area contributed by atoms with Gasteiger partial charge in [0, 0.05) is 18.2 Å². The first-order valence-electron chi connectivity index (χ1n) is 4.64. The molecule has 4 nitrogen and oxygen atoms in total. The normalized spacial score (nSPS) is 10.7. The molecule has 0 unspecified atom stereocenters. The molecule has 0 atom stereocenters. The quantitative estimate of drug-likeness (QED) is 0.552. The van der Waals surface area contributed by atoms with E-state index in [9.17, 15) is 0 Å². The first kappa shape index (κ1) is 11.6. The number of hydrogen-bond donors (Lipinski definition) is 1. The summed E-state index contributed by atoms with van der Waals surface area (Å²) in [6.45, 7) is 3.98. The van der Waals surface area contributed by atoms with Crippen molar-refractivity contribution < 1.29 is 9.57 Å². The van der Waals surface area contributed by atoms with Crippen LogP contribution in [0.15, 0.2) is 6.20 Å². The zero-order chi connectivity index (χ0) is 10.2. The van der Waals surface area contributed by atoms with Gasteiger partial charge in [-0.2, -0.15) is 5.48 Å². The summed E-state index contributed by atoms with van der Waals surface area (Å²) in [5.41, 5.74) is 2.86. The molecule has 1 heterocycles. The van der Waals surface area contributed by atoms with Gasteiger partial charge in [0.2, 0.25) is 0 Å². The Kier molecular flexibility index (Phi) is 5.70. The van der Waals surface area contributed by atoms with Crippen molar-refractivity contribution in [2.24, 2.45) is 0 Å². The molecule has 0 bridgehead atoms. The molecule has 0 aliphatic heterocycles. The van der Waals surface area contributed by atoms with Crippen LogP contribution in [0.5, 0.6) is 0 Å². The molecule has 80 valence electrons. The van der Waals surface area contributed by atoms with Crippen LogP contribution in [0, 0.1) is 0 Å². The van der Waals surface area contributed by atoms with Gasteiger partial charge in [0.25, 0.3) is 0 Å². The predicted molar refractivity (Wildman–Crippen MR) is 56.2 cm³/mol. The van der Waals surface area contributed by atoms with E-state index in [1.165, 1.54) is 9.88 Å². The van der Waals surface area contributed by atoms with Crippen molar-refractivity contribution in [2.45, 2.75) is 19.9 Å². The van der Waals surface area contributed by atoms with Crippen LogP contribution >= 0.6 is 11.3 Å². The number of ether oxygens (including phenoxy) is 1. The third-order valence-electron chi connectivity index (χ3n) is 1.64. The SMILES string of the molecule is CCc1ncc(CNOCCOC)s1. The highest BCUT2D eigenvalue weighted by atomic mass is 32.1. The summed E-state index contributed by atoms with van der Waals surface area (Å²) in [4.78, 5) is 10.6. The highest BCUT2D eigenvalue weighted by Crippen LogP contribution is 2.12. The molecule has 0 saturated carbocycles. The fraction of sp³-hybridized carbons (Fsp3) is 0.667. The van der Waals surface area contributed by atoms with Crippen molar-refractivity contribution in [1.82, 2.24) is 10.5 Å². The Balaban J connectivity index is 2.12. The number of nitrogens with one attached hydrogen (secondary N) is 1. The molecule has 0 aliphatic rings. The van der Waals surface area contributed by atoms with E-state index in [2.05, 4.69) is 17.4 Å². The third kappa shape index (κ3) is 4.15. The lowest BCUT2D eigenvalue weighted by molar-refractivity contribution is 0.00385. The second-order valence-electron chi connectivity index (χ2n) is 2.74. The van der Waals surface area contributed by atoms with Crippen molar-refractivity contribution in [3.63, 3.8) is 0 Å². The van der Waals surface area contributed by atoms with Gasteiger partial charge < -0.3 is 4.74 Å². The smallest absolute Gasteiger partial charge is 0.0925 e. The lowest BCUT2D eigenvalue weighted by Gasteiger charge is -2.02. The number of thiazole rings is 1. The van der Waals surface area contributed by atoms with Crippen molar-refractivity contribution in [3.8, 4) is 0 Å². The molecule has 0 spiro atoms. The second-order valence-corrected chi connectivity index (χ2v) is 3.94. The molecule has 0 amide bonds. The molecular formula is C9H16N2O2S. The molecule has 1 aromatic heterocycles. The van der Waals surface area contributed by atoms with Crippen LogP contribution in [0.1, 0.15) is 16.8 Å². The minimum absolute atomic E-state index is 0.565. The van der Waals surface area contributed by atoms with E-state index in [0.29, 0.717) is 19.8 Å². The van der Waals surface area contributed by atoms with Crippen molar-refractivity contribution >= 4 is 11.3 Å². The molecule has 0 saturated heterocycles.